The molecule has 0 N–H and O–H groups in total. The first-order valence-corrected chi connectivity index (χ1v) is 6.06. The third-order valence-corrected chi connectivity index (χ3v) is 3.18. The third kappa shape index (κ3) is 3.97. The van der Waals surface area contributed by atoms with E-state index in [0.29, 0.717) is 0 Å². The molecule has 13 heavy (non-hydrogen) atoms. The summed E-state index contributed by atoms with van der Waals surface area (Å²) in [5.41, 5.74) is 1.72. The van der Waals surface area contributed by atoms with E-state index >= 15 is 0 Å². The minimum Gasteiger partial charge on any atom is -0.0822 e. The molecule has 0 heterocycles. The molecule has 0 aliphatic heterocycles. The van der Waals surface area contributed by atoms with Gasteiger partial charge in [-0.15, -0.1) is 0 Å². The second-order valence-electron chi connectivity index (χ2n) is 4.33. The van der Waals surface area contributed by atoms with Gasteiger partial charge in [0.2, 0.25) is 0 Å². The predicted octanol–water partition coefficient (Wildman–Crippen LogP) is 4.70. The highest BCUT2D eigenvalue weighted by molar-refractivity contribution is 5.04. The van der Waals surface area contributed by atoms with Crippen molar-refractivity contribution in [3.8, 4) is 0 Å². The Bertz CT molecular complexity index is 149. The van der Waals surface area contributed by atoms with Crippen molar-refractivity contribution in [2.24, 2.45) is 5.92 Å². The van der Waals surface area contributed by atoms with Gasteiger partial charge >= 0.3 is 0 Å². The Hall–Kier alpha value is -0.260. The van der Waals surface area contributed by atoms with Crippen molar-refractivity contribution >= 4 is 0 Å². The molecule has 0 nitrogen and oxygen atoms in total. The summed E-state index contributed by atoms with van der Waals surface area (Å²) in [6.45, 7) is 4.58. The van der Waals surface area contributed by atoms with E-state index in [2.05, 4.69) is 19.9 Å². The molecule has 0 spiro atoms. The smallest absolute Gasteiger partial charge is 0.0231 e. The van der Waals surface area contributed by atoms with E-state index in [1.807, 2.05) is 0 Å². The lowest BCUT2D eigenvalue weighted by Crippen LogP contribution is -1.91. The van der Waals surface area contributed by atoms with E-state index in [0.717, 1.165) is 5.92 Å². The van der Waals surface area contributed by atoms with Crippen LogP contribution < -0.4 is 0 Å². The maximum Gasteiger partial charge on any atom is -0.0231 e. The van der Waals surface area contributed by atoms with Gasteiger partial charge in [0.25, 0.3) is 0 Å². The summed E-state index contributed by atoms with van der Waals surface area (Å²) in [6.07, 6.45) is 13.8. The lowest BCUT2D eigenvalue weighted by molar-refractivity contribution is 0.663. The molecule has 1 fully saturated rings. The fourth-order valence-corrected chi connectivity index (χ4v) is 2.24. The topological polar surface area (TPSA) is 0 Å². The van der Waals surface area contributed by atoms with E-state index in [-0.39, 0.29) is 0 Å². The first kappa shape index (κ1) is 10.8. The molecule has 0 heteroatoms. The highest BCUT2D eigenvalue weighted by Gasteiger charge is 2.12. The normalized spacial score (nSPS) is 19.7. The van der Waals surface area contributed by atoms with Gasteiger partial charge in [-0.2, -0.15) is 0 Å². The second-order valence-corrected chi connectivity index (χ2v) is 4.33. The molecular formula is C13H24. The SMILES string of the molecule is CCCC/C(=C/C1CCCC1)CC. The molecule has 0 unspecified atom stereocenters. The summed E-state index contributed by atoms with van der Waals surface area (Å²) in [5, 5.41) is 0. The number of hydrogen-bond acceptors (Lipinski definition) is 0. The van der Waals surface area contributed by atoms with E-state index in [1.54, 1.807) is 5.57 Å². The van der Waals surface area contributed by atoms with Crippen molar-refractivity contribution < 1.29 is 0 Å². The van der Waals surface area contributed by atoms with Crippen LogP contribution in [0.15, 0.2) is 11.6 Å². The van der Waals surface area contributed by atoms with Gasteiger partial charge in [-0.3, -0.25) is 0 Å². The van der Waals surface area contributed by atoms with Crippen molar-refractivity contribution in [3.05, 3.63) is 11.6 Å². The van der Waals surface area contributed by atoms with Crippen LogP contribution in [-0.2, 0) is 0 Å². The molecule has 0 aromatic heterocycles. The van der Waals surface area contributed by atoms with Crippen LogP contribution in [0, 0.1) is 5.92 Å². The maximum absolute atomic E-state index is 2.59. The molecule has 76 valence electrons. The first-order chi connectivity index (χ1) is 6.36. The van der Waals surface area contributed by atoms with Crippen LogP contribution in [0.25, 0.3) is 0 Å². The number of allylic oxidation sites excluding steroid dienone is 2. The van der Waals surface area contributed by atoms with Gasteiger partial charge in [0.1, 0.15) is 0 Å². The average Bonchev–Trinajstić information content (AvgIpc) is 2.64. The first-order valence-electron chi connectivity index (χ1n) is 6.06. The average molecular weight is 180 g/mol. The van der Waals surface area contributed by atoms with E-state index in [4.69, 9.17) is 0 Å². The summed E-state index contributed by atoms with van der Waals surface area (Å²) in [6, 6.07) is 0. The van der Waals surface area contributed by atoms with Gasteiger partial charge in [-0.25, -0.2) is 0 Å². The zero-order valence-corrected chi connectivity index (χ0v) is 9.31. The molecular weight excluding hydrogens is 156 g/mol. The monoisotopic (exact) mass is 180 g/mol. The molecule has 1 rings (SSSR count). The Morgan fingerprint density at radius 1 is 1.23 bits per heavy atom. The van der Waals surface area contributed by atoms with E-state index in [1.165, 1.54) is 51.4 Å². The Morgan fingerprint density at radius 3 is 2.46 bits per heavy atom. The molecule has 0 aromatic carbocycles. The lowest BCUT2D eigenvalue weighted by Gasteiger charge is -2.07. The molecule has 1 aliphatic rings. The van der Waals surface area contributed by atoms with Crippen LogP contribution >= 0.6 is 0 Å². The van der Waals surface area contributed by atoms with Crippen LogP contribution in [-0.4, -0.2) is 0 Å². The molecule has 1 saturated carbocycles. The van der Waals surface area contributed by atoms with Crippen molar-refractivity contribution in [2.75, 3.05) is 0 Å². The zero-order chi connectivity index (χ0) is 9.52. The van der Waals surface area contributed by atoms with Gasteiger partial charge < -0.3 is 0 Å². The van der Waals surface area contributed by atoms with Gasteiger partial charge in [0.05, 0.1) is 0 Å². The summed E-state index contributed by atoms with van der Waals surface area (Å²) < 4.78 is 0. The summed E-state index contributed by atoms with van der Waals surface area (Å²) in [5.74, 6) is 0.937. The number of unbranched alkanes of at least 4 members (excludes halogenated alkanes) is 1. The zero-order valence-electron chi connectivity index (χ0n) is 9.31. The Labute approximate surface area is 83.4 Å². The Kier molecular flexibility index (Phi) is 5.19. The molecule has 0 atom stereocenters. The van der Waals surface area contributed by atoms with E-state index < -0.39 is 0 Å². The molecule has 0 bridgehead atoms. The molecule has 0 saturated heterocycles. The summed E-state index contributed by atoms with van der Waals surface area (Å²) in [4.78, 5) is 0. The van der Waals surface area contributed by atoms with Crippen LogP contribution in [0.4, 0.5) is 0 Å². The maximum atomic E-state index is 2.59. The fraction of sp³-hybridized carbons (Fsp3) is 0.846. The predicted molar refractivity (Wildman–Crippen MR) is 59.9 cm³/mol. The van der Waals surface area contributed by atoms with Gasteiger partial charge in [-0.1, -0.05) is 44.8 Å². The van der Waals surface area contributed by atoms with Crippen molar-refractivity contribution in [2.45, 2.75) is 65.2 Å². The van der Waals surface area contributed by atoms with Crippen molar-refractivity contribution in [3.63, 3.8) is 0 Å². The number of rotatable bonds is 5. The second kappa shape index (κ2) is 6.23. The highest BCUT2D eigenvalue weighted by atomic mass is 14.2. The molecule has 1 aliphatic carbocycles. The van der Waals surface area contributed by atoms with Crippen LogP contribution in [0.3, 0.4) is 0 Å². The summed E-state index contributed by atoms with van der Waals surface area (Å²) in [7, 11) is 0. The van der Waals surface area contributed by atoms with Gasteiger partial charge in [0.15, 0.2) is 0 Å². The van der Waals surface area contributed by atoms with Crippen LogP contribution in [0.1, 0.15) is 65.2 Å². The fourth-order valence-electron chi connectivity index (χ4n) is 2.24. The van der Waals surface area contributed by atoms with Crippen molar-refractivity contribution in [1.82, 2.24) is 0 Å². The third-order valence-electron chi connectivity index (χ3n) is 3.18. The lowest BCUT2D eigenvalue weighted by atomic mass is 9.99. The molecule has 0 amide bonds. The number of hydrogen-bond donors (Lipinski definition) is 0. The standard InChI is InChI=1S/C13H24/c1-3-5-8-12(4-2)11-13-9-6-7-10-13/h11,13H,3-10H2,1-2H3/b12-11+. The minimum atomic E-state index is 0.937. The Morgan fingerprint density at radius 2 is 1.92 bits per heavy atom. The van der Waals surface area contributed by atoms with Gasteiger partial charge in [-0.05, 0) is 38.0 Å². The highest BCUT2D eigenvalue weighted by Crippen LogP contribution is 2.28. The van der Waals surface area contributed by atoms with Crippen LogP contribution in [0.2, 0.25) is 0 Å². The van der Waals surface area contributed by atoms with Crippen LogP contribution in [0.5, 0.6) is 0 Å². The van der Waals surface area contributed by atoms with Crippen molar-refractivity contribution in [1.29, 1.82) is 0 Å². The summed E-state index contributed by atoms with van der Waals surface area (Å²) >= 11 is 0. The Balaban J connectivity index is 2.33. The van der Waals surface area contributed by atoms with Gasteiger partial charge in [0, 0.05) is 0 Å². The van der Waals surface area contributed by atoms with E-state index in [9.17, 15) is 0 Å². The quantitative estimate of drug-likeness (QED) is 0.538. The molecule has 0 radical (unpaired) electrons. The largest absolute Gasteiger partial charge is 0.0822 e. The molecule has 0 aromatic rings. The minimum absolute atomic E-state index is 0.937.